The quantitative estimate of drug-likeness (QED) is 0.555. The van der Waals surface area contributed by atoms with Crippen LogP contribution in [0.2, 0.25) is 5.15 Å². The fourth-order valence-electron chi connectivity index (χ4n) is 2.84. The van der Waals surface area contributed by atoms with Gasteiger partial charge < -0.3 is 9.88 Å². The Hall–Kier alpha value is -2.45. The van der Waals surface area contributed by atoms with Crippen molar-refractivity contribution in [3.05, 3.63) is 46.9 Å². The Bertz CT molecular complexity index is 947. The molecule has 0 unspecified atom stereocenters. The maximum atomic E-state index is 12.2. The predicted molar refractivity (Wildman–Crippen MR) is 113 cm³/mol. The molecule has 2 N–H and O–H groups in total. The van der Waals surface area contributed by atoms with E-state index in [-0.39, 0.29) is 6.03 Å². The van der Waals surface area contributed by atoms with E-state index in [1.54, 1.807) is 6.07 Å². The van der Waals surface area contributed by atoms with E-state index in [0.717, 1.165) is 40.5 Å². The number of amides is 2. The number of rotatable bonds is 7. The van der Waals surface area contributed by atoms with Crippen molar-refractivity contribution in [1.29, 1.82) is 0 Å². The second-order valence-electron chi connectivity index (χ2n) is 6.49. The van der Waals surface area contributed by atoms with E-state index in [2.05, 4.69) is 37.1 Å². The standard InChI is InChI=1S/C19H23ClN6OS/c1-4-7-26-10-15(22-11-26)5-6-21-18(27)25-19-24-13(3)17(28-19)14-8-12(2)23-16(20)9-14/h8-11H,4-7H2,1-3H3,(H2,21,24,25,27). The highest BCUT2D eigenvalue weighted by Crippen LogP contribution is 2.33. The first-order valence-corrected chi connectivity index (χ1v) is 10.3. The lowest BCUT2D eigenvalue weighted by Crippen LogP contribution is -2.30. The number of imidazole rings is 1. The van der Waals surface area contributed by atoms with Crippen LogP contribution in [0.15, 0.2) is 24.7 Å². The zero-order chi connectivity index (χ0) is 20.1. The van der Waals surface area contributed by atoms with E-state index in [1.807, 2.05) is 32.4 Å². The number of thiazole rings is 1. The average molecular weight is 419 g/mol. The van der Waals surface area contributed by atoms with Gasteiger partial charge in [-0.25, -0.2) is 19.7 Å². The molecule has 2 amide bonds. The molecule has 9 heteroatoms. The van der Waals surface area contributed by atoms with Crippen LogP contribution in [0.25, 0.3) is 10.4 Å². The van der Waals surface area contributed by atoms with Gasteiger partial charge in [-0.15, -0.1) is 0 Å². The van der Waals surface area contributed by atoms with Crippen LogP contribution in [0.4, 0.5) is 9.93 Å². The molecule has 0 aliphatic carbocycles. The minimum absolute atomic E-state index is 0.280. The molecule has 0 radical (unpaired) electrons. The third kappa shape index (κ3) is 5.30. The summed E-state index contributed by atoms with van der Waals surface area (Å²) in [4.78, 5) is 26.1. The number of pyridine rings is 1. The number of aromatic nitrogens is 4. The van der Waals surface area contributed by atoms with Crippen LogP contribution < -0.4 is 10.6 Å². The molecule has 3 heterocycles. The number of nitrogens with zero attached hydrogens (tertiary/aromatic N) is 4. The Labute approximate surface area is 173 Å². The third-order valence-corrected chi connectivity index (χ3v) is 5.35. The lowest BCUT2D eigenvalue weighted by molar-refractivity contribution is 0.252. The highest BCUT2D eigenvalue weighted by Gasteiger charge is 2.13. The van der Waals surface area contributed by atoms with E-state index in [4.69, 9.17) is 11.6 Å². The van der Waals surface area contributed by atoms with E-state index < -0.39 is 0 Å². The summed E-state index contributed by atoms with van der Waals surface area (Å²) >= 11 is 7.47. The molecule has 0 saturated carbocycles. The molecule has 0 spiro atoms. The molecule has 28 heavy (non-hydrogen) atoms. The summed E-state index contributed by atoms with van der Waals surface area (Å²) in [6.07, 6.45) is 5.59. The normalized spacial score (nSPS) is 10.9. The van der Waals surface area contributed by atoms with E-state index in [0.29, 0.717) is 23.3 Å². The van der Waals surface area contributed by atoms with Crippen molar-refractivity contribution in [2.45, 2.75) is 40.2 Å². The lowest BCUT2D eigenvalue weighted by Gasteiger charge is -2.04. The highest BCUT2D eigenvalue weighted by atomic mass is 35.5. The summed E-state index contributed by atoms with van der Waals surface area (Å²) < 4.78 is 2.06. The van der Waals surface area contributed by atoms with E-state index in [1.165, 1.54) is 11.3 Å². The van der Waals surface area contributed by atoms with Gasteiger partial charge in [-0.2, -0.15) is 0 Å². The minimum atomic E-state index is -0.280. The van der Waals surface area contributed by atoms with Crippen molar-refractivity contribution in [2.75, 3.05) is 11.9 Å². The zero-order valence-corrected chi connectivity index (χ0v) is 17.7. The van der Waals surface area contributed by atoms with Gasteiger partial charge in [0.25, 0.3) is 0 Å². The average Bonchev–Trinajstić information content (AvgIpc) is 3.21. The molecule has 148 valence electrons. The number of carbonyl (C=O) groups excluding carboxylic acids is 1. The lowest BCUT2D eigenvalue weighted by atomic mass is 10.2. The molecule has 3 rings (SSSR count). The van der Waals surface area contributed by atoms with Gasteiger partial charge in [-0.3, -0.25) is 5.32 Å². The third-order valence-electron chi connectivity index (χ3n) is 4.04. The van der Waals surface area contributed by atoms with E-state index in [9.17, 15) is 4.79 Å². The molecule has 0 aromatic carbocycles. The molecule has 0 aliphatic heterocycles. The molecule has 7 nitrogen and oxygen atoms in total. The van der Waals surface area contributed by atoms with Gasteiger partial charge in [0.15, 0.2) is 5.13 Å². The Morgan fingerprint density at radius 1 is 1.29 bits per heavy atom. The SMILES string of the molecule is CCCn1cnc(CCNC(=O)Nc2nc(C)c(-c3cc(C)nc(Cl)c3)s2)c1. The molecular weight excluding hydrogens is 396 g/mol. The van der Waals surface area contributed by atoms with Crippen molar-refractivity contribution in [3.63, 3.8) is 0 Å². The van der Waals surface area contributed by atoms with Gasteiger partial charge in [-0.05, 0) is 38.0 Å². The summed E-state index contributed by atoms with van der Waals surface area (Å²) in [5.74, 6) is 0. The number of hydrogen-bond acceptors (Lipinski definition) is 5. The van der Waals surface area contributed by atoms with Gasteiger partial charge in [0, 0.05) is 31.4 Å². The number of carbonyl (C=O) groups is 1. The van der Waals surface area contributed by atoms with Crippen LogP contribution in [-0.2, 0) is 13.0 Å². The molecule has 0 bridgehead atoms. The largest absolute Gasteiger partial charge is 0.337 e. The smallest absolute Gasteiger partial charge is 0.321 e. The summed E-state index contributed by atoms with van der Waals surface area (Å²) in [5.41, 5.74) is 3.59. The summed E-state index contributed by atoms with van der Waals surface area (Å²) in [7, 11) is 0. The van der Waals surface area contributed by atoms with Crippen molar-refractivity contribution in [3.8, 4) is 10.4 Å². The first kappa shape index (κ1) is 20.3. The van der Waals surface area contributed by atoms with Crippen molar-refractivity contribution >= 4 is 34.1 Å². The molecule has 0 atom stereocenters. The second-order valence-corrected chi connectivity index (χ2v) is 7.87. The summed E-state index contributed by atoms with van der Waals surface area (Å²) in [6.45, 7) is 7.39. The Morgan fingerprint density at radius 3 is 2.86 bits per heavy atom. The Kier molecular flexibility index (Phi) is 6.64. The van der Waals surface area contributed by atoms with Crippen LogP contribution in [-0.4, -0.2) is 32.1 Å². The summed E-state index contributed by atoms with van der Waals surface area (Å²) in [5, 5.41) is 6.63. The second kappa shape index (κ2) is 9.16. The van der Waals surface area contributed by atoms with Gasteiger partial charge in [0.2, 0.25) is 0 Å². The van der Waals surface area contributed by atoms with Crippen LogP contribution in [0.5, 0.6) is 0 Å². The van der Waals surface area contributed by atoms with Crippen molar-refractivity contribution in [1.82, 2.24) is 24.8 Å². The number of hydrogen-bond donors (Lipinski definition) is 2. The monoisotopic (exact) mass is 418 g/mol. The number of urea groups is 1. The first-order chi connectivity index (χ1) is 13.4. The molecule has 3 aromatic rings. The molecule has 0 aliphatic rings. The van der Waals surface area contributed by atoms with Gasteiger partial charge in [0.05, 0.1) is 22.6 Å². The number of anilines is 1. The van der Waals surface area contributed by atoms with Crippen LogP contribution in [0, 0.1) is 13.8 Å². The predicted octanol–water partition coefficient (Wildman–Crippen LogP) is 4.45. The topological polar surface area (TPSA) is 84.7 Å². The zero-order valence-electron chi connectivity index (χ0n) is 16.1. The fourth-order valence-corrected chi connectivity index (χ4v) is 4.04. The first-order valence-electron chi connectivity index (χ1n) is 9.12. The molecule has 3 aromatic heterocycles. The van der Waals surface area contributed by atoms with Crippen molar-refractivity contribution in [2.24, 2.45) is 0 Å². The minimum Gasteiger partial charge on any atom is -0.337 e. The van der Waals surface area contributed by atoms with Gasteiger partial charge in [0.1, 0.15) is 5.15 Å². The maximum Gasteiger partial charge on any atom is 0.321 e. The van der Waals surface area contributed by atoms with Gasteiger partial charge in [-0.1, -0.05) is 29.9 Å². The fraction of sp³-hybridized carbons (Fsp3) is 0.368. The maximum absolute atomic E-state index is 12.2. The van der Waals surface area contributed by atoms with Crippen LogP contribution in [0.1, 0.15) is 30.4 Å². The van der Waals surface area contributed by atoms with Gasteiger partial charge >= 0.3 is 6.03 Å². The molecular formula is C19H23ClN6OS. The van der Waals surface area contributed by atoms with E-state index >= 15 is 0 Å². The number of nitrogens with one attached hydrogen (secondary N) is 2. The number of aryl methyl sites for hydroxylation is 3. The summed E-state index contributed by atoms with van der Waals surface area (Å²) in [6, 6.07) is 3.47. The number of halogens is 1. The van der Waals surface area contributed by atoms with Crippen LogP contribution >= 0.6 is 22.9 Å². The Balaban J connectivity index is 1.55. The molecule has 0 saturated heterocycles. The molecule has 0 fully saturated rings. The van der Waals surface area contributed by atoms with Crippen LogP contribution in [0.3, 0.4) is 0 Å². The highest BCUT2D eigenvalue weighted by molar-refractivity contribution is 7.19. The Morgan fingerprint density at radius 2 is 2.11 bits per heavy atom. The van der Waals surface area contributed by atoms with Crippen molar-refractivity contribution < 1.29 is 4.79 Å².